The van der Waals surface area contributed by atoms with Gasteiger partial charge < -0.3 is 19.9 Å². The Bertz CT molecular complexity index is 711. The Morgan fingerprint density at radius 3 is 2.30 bits per heavy atom. The number of nitrogens with one attached hydrogen (secondary N) is 1. The summed E-state index contributed by atoms with van der Waals surface area (Å²) in [6.45, 7) is 6.06. The van der Waals surface area contributed by atoms with Crippen molar-refractivity contribution in [1.82, 2.24) is 15.1 Å². The van der Waals surface area contributed by atoms with E-state index in [-0.39, 0.29) is 24.3 Å². The topological polar surface area (TPSA) is 82.2 Å². The second-order valence-corrected chi connectivity index (χ2v) is 7.16. The minimum absolute atomic E-state index is 0.00501. The Hall–Kier alpha value is -2.77. The number of imide groups is 1. The lowest BCUT2D eigenvalue weighted by Crippen LogP contribution is -2.52. The number of carbonyl (C=O) groups is 3. The molecule has 0 aromatic heterocycles. The smallest absolute Gasteiger partial charge is 0.325 e. The molecule has 1 aromatic rings. The van der Waals surface area contributed by atoms with E-state index in [0.717, 1.165) is 16.3 Å². The monoisotopic (exact) mass is 374 g/mol. The molecule has 1 unspecified atom stereocenters. The summed E-state index contributed by atoms with van der Waals surface area (Å²) in [7, 11) is 1.63. The summed E-state index contributed by atoms with van der Waals surface area (Å²) in [4.78, 5) is 41.8. The molecule has 8 nitrogen and oxygen atoms in total. The SMILES string of the molecule is COc1ccc(N2CCN(C(=O)CN3C(=O)NC(C(C)C)C3=O)CC2)cc1. The van der Waals surface area contributed by atoms with Crippen LogP contribution in [-0.4, -0.2) is 73.5 Å². The Kier molecular flexibility index (Phi) is 5.53. The van der Waals surface area contributed by atoms with E-state index in [1.807, 2.05) is 38.1 Å². The lowest BCUT2D eigenvalue weighted by atomic mass is 10.1. The Morgan fingerprint density at radius 1 is 1.15 bits per heavy atom. The Balaban J connectivity index is 1.54. The molecule has 146 valence electrons. The van der Waals surface area contributed by atoms with Crippen LogP contribution in [0.3, 0.4) is 0 Å². The Morgan fingerprint density at radius 2 is 1.78 bits per heavy atom. The number of hydrogen-bond donors (Lipinski definition) is 1. The number of methoxy groups -OCH3 is 1. The number of nitrogens with zero attached hydrogens (tertiary/aromatic N) is 3. The van der Waals surface area contributed by atoms with Gasteiger partial charge in [-0.25, -0.2) is 4.79 Å². The molecule has 2 saturated heterocycles. The minimum atomic E-state index is -0.544. The van der Waals surface area contributed by atoms with E-state index in [9.17, 15) is 14.4 Å². The van der Waals surface area contributed by atoms with E-state index in [1.54, 1.807) is 12.0 Å². The number of ether oxygens (including phenoxy) is 1. The van der Waals surface area contributed by atoms with Crippen molar-refractivity contribution in [1.29, 1.82) is 0 Å². The molecule has 0 spiro atoms. The highest BCUT2D eigenvalue weighted by molar-refractivity contribution is 6.06. The molecule has 2 aliphatic heterocycles. The standard InChI is InChI=1S/C19H26N4O4/c1-13(2)17-18(25)23(19(26)20-17)12-16(24)22-10-8-21(9-11-22)14-4-6-15(27-3)7-5-14/h4-7,13,17H,8-12H2,1-3H3,(H,20,26). The maximum Gasteiger partial charge on any atom is 0.325 e. The molecule has 1 N–H and O–H groups in total. The summed E-state index contributed by atoms with van der Waals surface area (Å²) in [5, 5.41) is 2.65. The van der Waals surface area contributed by atoms with Gasteiger partial charge in [-0.3, -0.25) is 14.5 Å². The van der Waals surface area contributed by atoms with Crippen molar-refractivity contribution < 1.29 is 19.1 Å². The van der Waals surface area contributed by atoms with Crippen molar-refractivity contribution in [2.45, 2.75) is 19.9 Å². The molecule has 0 aliphatic carbocycles. The van der Waals surface area contributed by atoms with E-state index < -0.39 is 12.1 Å². The summed E-state index contributed by atoms with van der Waals surface area (Å²) in [6, 6.07) is 6.79. The van der Waals surface area contributed by atoms with Gasteiger partial charge >= 0.3 is 6.03 Å². The second-order valence-electron chi connectivity index (χ2n) is 7.16. The molecule has 4 amide bonds. The van der Waals surface area contributed by atoms with Crippen molar-refractivity contribution in [2.24, 2.45) is 5.92 Å². The molecule has 2 fully saturated rings. The van der Waals surface area contributed by atoms with Gasteiger partial charge in [0.2, 0.25) is 5.91 Å². The van der Waals surface area contributed by atoms with E-state index in [2.05, 4.69) is 10.2 Å². The summed E-state index contributed by atoms with van der Waals surface area (Å²) in [5.41, 5.74) is 1.08. The van der Waals surface area contributed by atoms with Gasteiger partial charge in [-0.05, 0) is 30.2 Å². The first-order chi connectivity index (χ1) is 12.9. The first-order valence-electron chi connectivity index (χ1n) is 9.19. The molecule has 27 heavy (non-hydrogen) atoms. The first-order valence-corrected chi connectivity index (χ1v) is 9.19. The highest BCUT2D eigenvalue weighted by Crippen LogP contribution is 2.21. The van der Waals surface area contributed by atoms with Crippen LogP contribution in [0.15, 0.2) is 24.3 Å². The number of rotatable bonds is 5. The molecule has 0 bridgehead atoms. The molecule has 0 radical (unpaired) electrons. The van der Waals surface area contributed by atoms with Crippen LogP contribution in [0.5, 0.6) is 5.75 Å². The molecule has 0 saturated carbocycles. The number of piperazine rings is 1. The maximum absolute atomic E-state index is 12.6. The van der Waals surface area contributed by atoms with E-state index in [4.69, 9.17) is 4.74 Å². The van der Waals surface area contributed by atoms with Crippen LogP contribution in [0.25, 0.3) is 0 Å². The zero-order valence-corrected chi connectivity index (χ0v) is 16.0. The Labute approximate surface area is 159 Å². The van der Waals surface area contributed by atoms with Crippen molar-refractivity contribution in [3.8, 4) is 5.75 Å². The molecule has 2 aliphatic rings. The first kappa shape index (κ1) is 19.0. The van der Waals surface area contributed by atoms with Crippen molar-refractivity contribution >= 4 is 23.5 Å². The largest absolute Gasteiger partial charge is 0.497 e. The molecular formula is C19H26N4O4. The van der Waals surface area contributed by atoms with Crippen LogP contribution < -0.4 is 15.0 Å². The van der Waals surface area contributed by atoms with Gasteiger partial charge in [-0.1, -0.05) is 13.8 Å². The number of benzene rings is 1. The van der Waals surface area contributed by atoms with E-state index >= 15 is 0 Å². The van der Waals surface area contributed by atoms with Gasteiger partial charge in [0, 0.05) is 31.9 Å². The molecular weight excluding hydrogens is 348 g/mol. The van der Waals surface area contributed by atoms with Crippen molar-refractivity contribution in [3.05, 3.63) is 24.3 Å². The third kappa shape index (κ3) is 3.99. The molecule has 2 heterocycles. The zero-order chi connectivity index (χ0) is 19.6. The van der Waals surface area contributed by atoms with Crippen LogP contribution in [0.1, 0.15) is 13.8 Å². The van der Waals surface area contributed by atoms with Crippen molar-refractivity contribution in [2.75, 3.05) is 44.7 Å². The highest BCUT2D eigenvalue weighted by atomic mass is 16.5. The quantitative estimate of drug-likeness (QED) is 0.775. The number of carbonyl (C=O) groups excluding carboxylic acids is 3. The second kappa shape index (κ2) is 7.85. The van der Waals surface area contributed by atoms with Gasteiger partial charge in [-0.15, -0.1) is 0 Å². The third-order valence-corrected chi connectivity index (χ3v) is 5.09. The average molecular weight is 374 g/mol. The van der Waals surface area contributed by atoms with Gasteiger partial charge in [-0.2, -0.15) is 0 Å². The lowest BCUT2D eigenvalue weighted by molar-refractivity contribution is -0.137. The van der Waals surface area contributed by atoms with Gasteiger partial charge in [0.15, 0.2) is 0 Å². The summed E-state index contributed by atoms with van der Waals surface area (Å²) >= 11 is 0. The van der Waals surface area contributed by atoms with Crippen LogP contribution >= 0.6 is 0 Å². The third-order valence-electron chi connectivity index (χ3n) is 5.09. The number of hydrogen-bond acceptors (Lipinski definition) is 5. The van der Waals surface area contributed by atoms with E-state index in [1.165, 1.54) is 0 Å². The fourth-order valence-corrected chi connectivity index (χ4v) is 3.38. The number of urea groups is 1. The molecule has 1 atom stereocenters. The number of amides is 4. The number of anilines is 1. The van der Waals surface area contributed by atoms with Crippen LogP contribution in [0.4, 0.5) is 10.5 Å². The summed E-state index contributed by atoms with van der Waals surface area (Å²) in [5.74, 6) is 0.285. The fraction of sp³-hybridized carbons (Fsp3) is 0.526. The zero-order valence-electron chi connectivity index (χ0n) is 16.0. The van der Waals surface area contributed by atoms with Gasteiger partial charge in [0.25, 0.3) is 5.91 Å². The van der Waals surface area contributed by atoms with Gasteiger partial charge in [0.05, 0.1) is 7.11 Å². The van der Waals surface area contributed by atoms with E-state index in [0.29, 0.717) is 26.2 Å². The van der Waals surface area contributed by atoms with Crippen molar-refractivity contribution in [3.63, 3.8) is 0 Å². The maximum atomic E-state index is 12.6. The lowest BCUT2D eigenvalue weighted by Gasteiger charge is -2.36. The molecule has 8 heteroatoms. The summed E-state index contributed by atoms with van der Waals surface area (Å²) in [6.07, 6.45) is 0. The predicted molar refractivity (Wildman–Crippen MR) is 101 cm³/mol. The van der Waals surface area contributed by atoms with Crippen LogP contribution in [0, 0.1) is 5.92 Å². The van der Waals surface area contributed by atoms with Crippen LogP contribution in [-0.2, 0) is 9.59 Å². The van der Waals surface area contributed by atoms with Crippen LogP contribution in [0.2, 0.25) is 0 Å². The fourth-order valence-electron chi connectivity index (χ4n) is 3.38. The average Bonchev–Trinajstić information content (AvgIpc) is 2.96. The normalized spacial score (nSPS) is 20.3. The molecule has 1 aromatic carbocycles. The summed E-state index contributed by atoms with van der Waals surface area (Å²) < 4.78 is 5.17. The predicted octanol–water partition coefficient (Wildman–Crippen LogP) is 0.920. The highest BCUT2D eigenvalue weighted by Gasteiger charge is 2.41. The van der Waals surface area contributed by atoms with Gasteiger partial charge in [0.1, 0.15) is 18.3 Å². The molecule has 3 rings (SSSR count). The minimum Gasteiger partial charge on any atom is -0.497 e.